The minimum atomic E-state index is -0.825. The zero-order valence-electron chi connectivity index (χ0n) is 10.00. The molecule has 0 aliphatic heterocycles. The van der Waals surface area contributed by atoms with Crippen molar-refractivity contribution < 1.29 is 22.7 Å². The minimum absolute atomic E-state index is 0.0270. The summed E-state index contributed by atoms with van der Waals surface area (Å²) in [7, 11) is 0. The van der Waals surface area contributed by atoms with Gasteiger partial charge in [-0.25, -0.2) is 13.2 Å². The zero-order chi connectivity index (χ0) is 14.7. The van der Waals surface area contributed by atoms with E-state index >= 15 is 0 Å². The Morgan fingerprint density at radius 1 is 1.10 bits per heavy atom. The van der Waals surface area contributed by atoms with Crippen molar-refractivity contribution in [1.29, 1.82) is 0 Å². The molecular formula is C14H8BrF3O2. The van der Waals surface area contributed by atoms with Gasteiger partial charge in [-0.3, -0.25) is 4.79 Å². The molecule has 0 amide bonds. The molecule has 0 atom stereocenters. The summed E-state index contributed by atoms with van der Waals surface area (Å²) in [5.41, 5.74) is -0.375. The number of ether oxygens (including phenoxy) is 1. The molecule has 0 bridgehead atoms. The number of rotatable bonds is 4. The number of carbonyl (C=O) groups is 1. The van der Waals surface area contributed by atoms with E-state index in [1.54, 1.807) is 0 Å². The third-order valence-electron chi connectivity index (χ3n) is 2.62. The second-order valence-electron chi connectivity index (χ2n) is 3.89. The lowest BCUT2D eigenvalue weighted by atomic mass is 10.2. The molecule has 2 aromatic rings. The Balaban J connectivity index is 2.30. The molecule has 0 saturated carbocycles. The van der Waals surface area contributed by atoms with Crippen LogP contribution >= 0.6 is 15.9 Å². The van der Waals surface area contributed by atoms with E-state index in [1.807, 2.05) is 0 Å². The molecule has 0 heterocycles. The maximum Gasteiger partial charge on any atom is 0.165 e. The quantitative estimate of drug-likeness (QED) is 0.612. The first-order valence-corrected chi connectivity index (χ1v) is 6.32. The van der Waals surface area contributed by atoms with Gasteiger partial charge in [0.05, 0.1) is 15.6 Å². The number of hydrogen-bond acceptors (Lipinski definition) is 2. The molecule has 0 aromatic heterocycles. The Kier molecular flexibility index (Phi) is 4.44. The summed E-state index contributed by atoms with van der Waals surface area (Å²) < 4.78 is 45.9. The third kappa shape index (κ3) is 2.85. The van der Waals surface area contributed by atoms with Crippen LogP contribution in [0.3, 0.4) is 0 Å². The number of benzene rings is 2. The Morgan fingerprint density at radius 3 is 2.55 bits per heavy atom. The monoisotopic (exact) mass is 344 g/mol. The minimum Gasteiger partial charge on any atom is -0.485 e. The van der Waals surface area contributed by atoms with Crippen LogP contribution in [0.2, 0.25) is 0 Å². The van der Waals surface area contributed by atoms with E-state index in [9.17, 15) is 18.0 Å². The van der Waals surface area contributed by atoms with Crippen LogP contribution in [-0.2, 0) is 6.61 Å². The highest BCUT2D eigenvalue weighted by atomic mass is 79.9. The molecule has 2 aromatic carbocycles. The molecule has 6 heteroatoms. The first kappa shape index (κ1) is 14.6. The fourth-order valence-corrected chi connectivity index (χ4v) is 1.99. The lowest BCUT2D eigenvalue weighted by molar-refractivity contribution is 0.111. The topological polar surface area (TPSA) is 26.3 Å². The van der Waals surface area contributed by atoms with Gasteiger partial charge in [0, 0.05) is 0 Å². The van der Waals surface area contributed by atoms with E-state index in [0.717, 1.165) is 12.1 Å². The first-order chi connectivity index (χ1) is 9.54. The van der Waals surface area contributed by atoms with Crippen LogP contribution in [-0.4, -0.2) is 6.29 Å². The van der Waals surface area contributed by atoms with Gasteiger partial charge < -0.3 is 4.74 Å². The predicted molar refractivity (Wildman–Crippen MR) is 70.2 cm³/mol. The van der Waals surface area contributed by atoms with Gasteiger partial charge in [0.1, 0.15) is 18.2 Å². The molecular weight excluding hydrogens is 337 g/mol. The van der Waals surface area contributed by atoms with Crippen LogP contribution in [0, 0.1) is 17.5 Å². The second-order valence-corrected chi connectivity index (χ2v) is 4.74. The fraction of sp³-hybridized carbons (Fsp3) is 0.0714. The first-order valence-electron chi connectivity index (χ1n) is 5.53. The van der Waals surface area contributed by atoms with Crippen LogP contribution in [0.25, 0.3) is 0 Å². The Bertz CT molecular complexity index is 659. The van der Waals surface area contributed by atoms with Gasteiger partial charge in [-0.05, 0) is 40.2 Å². The lowest BCUT2D eigenvalue weighted by Gasteiger charge is -2.11. The number of halogens is 4. The molecule has 2 rings (SSSR count). The SMILES string of the molecule is O=Cc1cccc(F)c1OCc1c(F)ccc(Br)c1F. The standard InChI is InChI=1S/C14H8BrF3O2/c15-10-4-5-11(16)9(13(10)18)7-20-14-8(6-19)2-1-3-12(14)17/h1-6H,7H2. The number of aldehydes is 1. The molecule has 2 nitrogen and oxygen atoms in total. The average molecular weight is 345 g/mol. The maximum atomic E-state index is 13.7. The largest absolute Gasteiger partial charge is 0.485 e. The molecule has 0 aliphatic carbocycles. The van der Waals surface area contributed by atoms with Crippen molar-refractivity contribution >= 4 is 22.2 Å². The summed E-state index contributed by atoms with van der Waals surface area (Å²) in [6.45, 7) is -0.529. The highest BCUT2D eigenvalue weighted by Crippen LogP contribution is 2.26. The van der Waals surface area contributed by atoms with E-state index in [4.69, 9.17) is 4.74 Å². The van der Waals surface area contributed by atoms with Gasteiger partial charge in [-0.15, -0.1) is 0 Å². The smallest absolute Gasteiger partial charge is 0.165 e. The molecule has 0 saturated heterocycles. The molecule has 0 fully saturated rings. The molecule has 0 spiro atoms. The van der Waals surface area contributed by atoms with Crippen molar-refractivity contribution in [3.63, 3.8) is 0 Å². The average Bonchev–Trinajstić information content (AvgIpc) is 2.44. The summed E-state index contributed by atoms with van der Waals surface area (Å²) in [6.07, 6.45) is 0.409. The normalized spacial score (nSPS) is 10.4. The molecule has 104 valence electrons. The Labute approximate surface area is 121 Å². The molecule has 0 radical (unpaired) electrons. The van der Waals surface area contributed by atoms with Crippen LogP contribution < -0.4 is 4.74 Å². The fourth-order valence-electron chi connectivity index (χ4n) is 1.62. The van der Waals surface area contributed by atoms with E-state index in [2.05, 4.69) is 15.9 Å². The van der Waals surface area contributed by atoms with Crippen molar-refractivity contribution in [1.82, 2.24) is 0 Å². The summed E-state index contributed by atoms with van der Waals surface area (Å²) in [5, 5.41) is 0. The molecule has 0 aliphatic rings. The highest BCUT2D eigenvalue weighted by Gasteiger charge is 2.15. The van der Waals surface area contributed by atoms with Gasteiger partial charge in [-0.1, -0.05) is 6.07 Å². The molecule has 20 heavy (non-hydrogen) atoms. The van der Waals surface area contributed by atoms with E-state index < -0.39 is 24.1 Å². The van der Waals surface area contributed by atoms with Gasteiger partial charge >= 0.3 is 0 Å². The summed E-state index contributed by atoms with van der Waals surface area (Å²) in [6, 6.07) is 6.06. The molecule has 0 N–H and O–H groups in total. The Morgan fingerprint density at radius 2 is 1.85 bits per heavy atom. The van der Waals surface area contributed by atoms with Gasteiger partial charge in [0.25, 0.3) is 0 Å². The van der Waals surface area contributed by atoms with Crippen molar-refractivity contribution in [3.8, 4) is 5.75 Å². The van der Waals surface area contributed by atoms with E-state index in [1.165, 1.54) is 18.2 Å². The van der Waals surface area contributed by atoms with Crippen molar-refractivity contribution in [2.24, 2.45) is 0 Å². The molecule has 0 unspecified atom stereocenters. The number of para-hydroxylation sites is 1. The van der Waals surface area contributed by atoms with Crippen LogP contribution in [0.15, 0.2) is 34.8 Å². The zero-order valence-corrected chi connectivity index (χ0v) is 11.6. The predicted octanol–water partition coefficient (Wildman–Crippen LogP) is 4.26. The van der Waals surface area contributed by atoms with Crippen molar-refractivity contribution in [2.75, 3.05) is 0 Å². The number of hydrogen-bond donors (Lipinski definition) is 0. The van der Waals surface area contributed by atoms with Crippen LogP contribution in [0.1, 0.15) is 15.9 Å². The summed E-state index contributed by atoms with van der Waals surface area (Å²) >= 11 is 2.92. The highest BCUT2D eigenvalue weighted by molar-refractivity contribution is 9.10. The summed E-state index contributed by atoms with van der Waals surface area (Å²) in [4.78, 5) is 10.8. The van der Waals surface area contributed by atoms with E-state index in [0.29, 0.717) is 6.29 Å². The number of carbonyl (C=O) groups excluding carboxylic acids is 1. The van der Waals surface area contributed by atoms with Crippen molar-refractivity contribution in [2.45, 2.75) is 6.61 Å². The van der Waals surface area contributed by atoms with E-state index in [-0.39, 0.29) is 21.3 Å². The second kappa shape index (κ2) is 6.09. The van der Waals surface area contributed by atoms with Gasteiger partial charge in [-0.2, -0.15) is 0 Å². The van der Waals surface area contributed by atoms with Gasteiger partial charge in [0.2, 0.25) is 0 Å². The third-order valence-corrected chi connectivity index (χ3v) is 3.24. The van der Waals surface area contributed by atoms with Gasteiger partial charge in [0.15, 0.2) is 17.9 Å². The van der Waals surface area contributed by atoms with Crippen LogP contribution in [0.4, 0.5) is 13.2 Å². The van der Waals surface area contributed by atoms with Crippen LogP contribution in [0.5, 0.6) is 5.75 Å². The summed E-state index contributed by atoms with van der Waals surface area (Å²) in [5.74, 6) is -2.74. The van der Waals surface area contributed by atoms with Crippen molar-refractivity contribution in [3.05, 3.63) is 63.4 Å². The Hall–Kier alpha value is -1.82. The maximum absolute atomic E-state index is 13.7. The lowest BCUT2D eigenvalue weighted by Crippen LogP contribution is -2.05.